The molecule has 6 heteroatoms. The Labute approximate surface area is 124 Å². The van der Waals surface area contributed by atoms with E-state index in [1.165, 1.54) is 0 Å². The summed E-state index contributed by atoms with van der Waals surface area (Å²) in [4.78, 5) is 0. The van der Waals surface area contributed by atoms with Crippen molar-refractivity contribution in [3.05, 3.63) is 16.4 Å². The van der Waals surface area contributed by atoms with Crippen molar-refractivity contribution in [2.24, 2.45) is 0 Å². The van der Waals surface area contributed by atoms with Crippen molar-refractivity contribution < 1.29 is 5.11 Å². The van der Waals surface area contributed by atoms with Gasteiger partial charge in [-0.15, -0.1) is 0 Å². The Kier molecular flexibility index (Phi) is 6.66. The van der Waals surface area contributed by atoms with Gasteiger partial charge in [0.25, 0.3) is 0 Å². The third-order valence-electron chi connectivity index (χ3n) is 2.95. The van der Waals surface area contributed by atoms with Gasteiger partial charge in [0.05, 0.1) is 22.0 Å². The molecule has 0 saturated heterocycles. The highest BCUT2D eigenvalue weighted by molar-refractivity contribution is 7.98. The Hall–Kier alpha value is -0.230. The highest BCUT2D eigenvalue weighted by atomic mass is 35.5. The Balaban J connectivity index is 2.65. The van der Waals surface area contributed by atoms with Gasteiger partial charge in [0.1, 0.15) is 0 Å². The van der Waals surface area contributed by atoms with E-state index in [-0.39, 0.29) is 0 Å². The molecule has 1 aromatic rings. The molecule has 1 unspecified atom stereocenters. The first-order chi connectivity index (χ1) is 8.95. The first-order valence-electron chi connectivity index (χ1n) is 6.61. The van der Waals surface area contributed by atoms with Gasteiger partial charge in [-0.25, -0.2) is 0 Å². The van der Waals surface area contributed by atoms with Crippen LogP contribution in [-0.2, 0) is 19.5 Å². The molecular weight excluding hydrogens is 282 g/mol. The Morgan fingerprint density at radius 1 is 1.47 bits per heavy atom. The van der Waals surface area contributed by atoms with Crippen LogP contribution in [0.2, 0.25) is 5.02 Å². The molecule has 4 nitrogen and oxygen atoms in total. The smallest absolute Gasteiger partial charge is 0.0863 e. The molecule has 1 heterocycles. The lowest BCUT2D eigenvalue weighted by Gasteiger charge is -2.22. The number of thioether (sulfide) groups is 1. The zero-order chi connectivity index (χ0) is 14.5. The fraction of sp³-hybridized carbons (Fsp3) is 0.769. The lowest BCUT2D eigenvalue weighted by molar-refractivity contribution is 0.0844. The third-order valence-corrected chi connectivity index (χ3v) is 4.29. The highest BCUT2D eigenvalue weighted by Gasteiger charge is 2.20. The van der Waals surface area contributed by atoms with Crippen LogP contribution in [0.1, 0.15) is 32.2 Å². The zero-order valence-corrected chi connectivity index (χ0v) is 13.7. The van der Waals surface area contributed by atoms with Crippen molar-refractivity contribution >= 4 is 23.4 Å². The van der Waals surface area contributed by atoms with Crippen LogP contribution in [0.4, 0.5) is 0 Å². The summed E-state index contributed by atoms with van der Waals surface area (Å²) in [6.07, 6.45) is 2.83. The predicted octanol–water partition coefficient (Wildman–Crippen LogP) is 2.32. The quantitative estimate of drug-likeness (QED) is 0.774. The minimum Gasteiger partial charge on any atom is -0.388 e. The number of hydrogen-bond donors (Lipinski definition) is 2. The summed E-state index contributed by atoms with van der Waals surface area (Å²) in [5.41, 5.74) is 1.24. The van der Waals surface area contributed by atoms with E-state index in [0.717, 1.165) is 29.4 Å². The maximum atomic E-state index is 10.1. The molecule has 0 aliphatic heterocycles. The van der Waals surface area contributed by atoms with Crippen LogP contribution in [0, 0.1) is 0 Å². The second kappa shape index (κ2) is 7.53. The Bertz CT molecular complexity index is 407. The van der Waals surface area contributed by atoms with Gasteiger partial charge in [-0.2, -0.15) is 16.9 Å². The number of nitrogens with one attached hydrogen (secondary N) is 1. The van der Waals surface area contributed by atoms with Gasteiger partial charge in [0, 0.05) is 25.4 Å². The van der Waals surface area contributed by atoms with Crippen molar-refractivity contribution in [1.29, 1.82) is 0 Å². The summed E-state index contributed by atoms with van der Waals surface area (Å²) in [7, 11) is 0. The molecule has 0 spiro atoms. The van der Waals surface area contributed by atoms with Crippen molar-refractivity contribution in [3.8, 4) is 0 Å². The van der Waals surface area contributed by atoms with Crippen LogP contribution >= 0.6 is 23.4 Å². The lowest BCUT2D eigenvalue weighted by atomic mass is 10.1. The second-order valence-corrected chi connectivity index (χ2v) is 6.15. The number of hydrogen-bond acceptors (Lipinski definition) is 4. The molecule has 0 amide bonds. The predicted molar refractivity (Wildman–Crippen MR) is 83.0 cm³/mol. The van der Waals surface area contributed by atoms with Gasteiger partial charge in [-0.1, -0.05) is 18.5 Å². The van der Waals surface area contributed by atoms with Crippen molar-refractivity contribution in [3.63, 3.8) is 0 Å². The number of aryl methyl sites for hydroxylation is 2. The molecule has 0 saturated carbocycles. The first-order valence-corrected chi connectivity index (χ1v) is 8.38. The average molecular weight is 306 g/mol. The van der Waals surface area contributed by atoms with Gasteiger partial charge >= 0.3 is 0 Å². The summed E-state index contributed by atoms with van der Waals surface area (Å²) in [6.45, 7) is 7.92. The van der Waals surface area contributed by atoms with E-state index >= 15 is 0 Å². The monoisotopic (exact) mass is 305 g/mol. The molecule has 0 fully saturated rings. The highest BCUT2D eigenvalue weighted by Crippen LogP contribution is 2.21. The molecule has 110 valence electrons. The molecular formula is C13H24ClN3OS. The maximum absolute atomic E-state index is 10.1. The van der Waals surface area contributed by atoms with E-state index in [1.807, 2.05) is 17.9 Å². The van der Waals surface area contributed by atoms with Crippen LogP contribution in [-0.4, -0.2) is 39.0 Å². The van der Waals surface area contributed by atoms with E-state index in [0.29, 0.717) is 18.8 Å². The summed E-state index contributed by atoms with van der Waals surface area (Å²) >= 11 is 7.97. The van der Waals surface area contributed by atoms with Crippen LogP contribution in [0.3, 0.4) is 0 Å². The fourth-order valence-electron chi connectivity index (χ4n) is 2.00. The number of rotatable bonds is 8. The summed E-state index contributed by atoms with van der Waals surface area (Å²) in [5.74, 6) is 0.709. The van der Waals surface area contributed by atoms with Crippen molar-refractivity contribution in [2.75, 3.05) is 18.6 Å². The molecule has 0 bridgehead atoms. The molecule has 19 heavy (non-hydrogen) atoms. The van der Waals surface area contributed by atoms with E-state index < -0.39 is 5.60 Å². The first kappa shape index (κ1) is 16.8. The van der Waals surface area contributed by atoms with Crippen molar-refractivity contribution in [1.82, 2.24) is 15.1 Å². The minimum atomic E-state index is -0.698. The molecule has 1 atom stereocenters. The van der Waals surface area contributed by atoms with E-state index in [4.69, 9.17) is 11.6 Å². The molecule has 1 rings (SSSR count). The van der Waals surface area contributed by atoms with Crippen molar-refractivity contribution in [2.45, 2.75) is 45.9 Å². The summed E-state index contributed by atoms with van der Waals surface area (Å²) in [6, 6.07) is 0. The molecule has 2 N–H and O–H groups in total. The van der Waals surface area contributed by atoms with Crippen LogP contribution in [0.25, 0.3) is 0 Å². The number of aliphatic hydroxyl groups is 1. The fourth-order valence-corrected chi connectivity index (χ4v) is 3.06. The van der Waals surface area contributed by atoms with E-state index in [1.54, 1.807) is 11.8 Å². The largest absolute Gasteiger partial charge is 0.388 e. The summed E-state index contributed by atoms with van der Waals surface area (Å²) < 4.78 is 1.93. The van der Waals surface area contributed by atoms with Crippen LogP contribution < -0.4 is 5.32 Å². The van der Waals surface area contributed by atoms with E-state index in [2.05, 4.69) is 24.3 Å². The number of aromatic nitrogens is 2. The Morgan fingerprint density at radius 3 is 2.68 bits per heavy atom. The van der Waals surface area contributed by atoms with Crippen LogP contribution in [0.5, 0.6) is 0 Å². The van der Waals surface area contributed by atoms with Gasteiger partial charge < -0.3 is 10.4 Å². The lowest BCUT2D eigenvalue weighted by Crippen LogP contribution is -2.40. The molecule has 0 aromatic carbocycles. The number of halogens is 1. The van der Waals surface area contributed by atoms with E-state index in [9.17, 15) is 5.11 Å². The number of nitrogens with zero attached hydrogens (tertiary/aromatic N) is 2. The molecule has 0 aliphatic rings. The summed E-state index contributed by atoms with van der Waals surface area (Å²) in [5, 5.41) is 18.6. The minimum absolute atomic E-state index is 0.542. The zero-order valence-electron chi connectivity index (χ0n) is 12.2. The van der Waals surface area contributed by atoms with Crippen LogP contribution in [0.15, 0.2) is 0 Å². The molecule has 0 radical (unpaired) electrons. The topological polar surface area (TPSA) is 50.1 Å². The molecule has 1 aromatic heterocycles. The average Bonchev–Trinajstić information content (AvgIpc) is 2.66. The Morgan fingerprint density at radius 2 is 2.16 bits per heavy atom. The van der Waals surface area contributed by atoms with Gasteiger partial charge in [0.15, 0.2) is 0 Å². The SMILES string of the molecule is CCc1nn(CC)c(CNCC(C)(O)CSC)c1Cl. The van der Waals surface area contributed by atoms with Gasteiger partial charge in [-0.3, -0.25) is 4.68 Å². The van der Waals surface area contributed by atoms with Gasteiger partial charge in [-0.05, 0) is 26.5 Å². The maximum Gasteiger partial charge on any atom is 0.0863 e. The second-order valence-electron chi connectivity index (χ2n) is 4.91. The third kappa shape index (κ3) is 4.67. The van der Waals surface area contributed by atoms with Gasteiger partial charge in [0.2, 0.25) is 0 Å². The molecule has 0 aliphatic carbocycles. The standard InChI is InChI=1S/C13H24ClN3OS/c1-5-10-12(14)11(17(6-2)16-10)7-15-8-13(3,18)9-19-4/h15,18H,5-9H2,1-4H3. The normalized spacial score (nSPS) is 14.6.